The first-order valence-corrected chi connectivity index (χ1v) is 27.4. The number of hydrogen-bond donors (Lipinski definition) is 17. The summed E-state index contributed by atoms with van der Waals surface area (Å²) in [6.07, 6.45) is -3.55. The Morgan fingerprint density at radius 3 is 1.28 bits per heavy atom. The third-order valence-electron chi connectivity index (χ3n) is 12.6. The average molecular weight is 1220 g/mol. The van der Waals surface area contributed by atoms with Gasteiger partial charge < -0.3 is 84.4 Å². The summed E-state index contributed by atoms with van der Waals surface area (Å²) in [7, 11) is 0. The summed E-state index contributed by atoms with van der Waals surface area (Å²) in [4.78, 5) is 177. The number of urea groups is 1. The molecule has 3 aromatic rings. The van der Waals surface area contributed by atoms with Gasteiger partial charge in [0, 0.05) is 56.9 Å². The van der Waals surface area contributed by atoms with Crippen LogP contribution in [0.2, 0.25) is 0 Å². The molecule has 0 aliphatic heterocycles. The Labute approximate surface area is 497 Å². The molecule has 0 bridgehead atoms. The van der Waals surface area contributed by atoms with Gasteiger partial charge in [-0.3, -0.25) is 47.9 Å². The van der Waals surface area contributed by atoms with E-state index in [1.165, 1.54) is 0 Å². The summed E-state index contributed by atoms with van der Waals surface area (Å²) in [6, 6.07) is 11.2. The molecule has 31 heteroatoms. The van der Waals surface area contributed by atoms with Crippen LogP contribution in [0.1, 0.15) is 68.6 Å². The minimum Gasteiger partial charge on any atom is -0.481 e. The van der Waals surface area contributed by atoms with E-state index < -0.39 is 183 Å². The van der Waals surface area contributed by atoms with Gasteiger partial charge in [0.2, 0.25) is 47.3 Å². The van der Waals surface area contributed by atoms with Crippen molar-refractivity contribution in [2.45, 2.75) is 126 Å². The van der Waals surface area contributed by atoms with Gasteiger partial charge >= 0.3 is 35.9 Å². The molecule has 0 aliphatic rings. The highest BCUT2D eigenvalue weighted by molar-refractivity contribution is 7.80. The van der Waals surface area contributed by atoms with Crippen LogP contribution in [0, 0.1) is 0 Å². The number of thiol groups is 1. The van der Waals surface area contributed by atoms with Crippen molar-refractivity contribution in [2.24, 2.45) is 5.73 Å². The lowest BCUT2D eigenvalue weighted by atomic mass is 10.0. The minimum absolute atomic E-state index is 0.0197. The molecule has 466 valence electrons. The molecule has 86 heavy (non-hydrogen) atoms. The third-order valence-corrected chi connectivity index (χ3v) is 12.9. The predicted octanol–water partition coefficient (Wildman–Crippen LogP) is -2.68. The van der Waals surface area contributed by atoms with E-state index in [1.807, 2.05) is 10.6 Å². The lowest BCUT2D eigenvalue weighted by Crippen LogP contribution is -2.59. The second-order valence-corrected chi connectivity index (χ2v) is 19.9. The normalized spacial score (nSPS) is 13.9. The van der Waals surface area contributed by atoms with Crippen LogP contribution in [0.3, 0.4) is 0 Å². The van der Waals surface area contributed by atoms with Gasteiger partial charge in [0.15, 0.2) is 0 Å². The number of benzene rings is 3. The zero-order chi connectivity index (χ0) is 63.9. The van der Waals surface area contributed by atoms with Crippen molar-refractivity contribution in [3.8, 4) is 0 Å². The zero-order valence-corrected chi connectivity index (χ0v) is 47.4. The maximum Gasteiger partial charge on any atom is 0.327 e. The van der Waals surface area contributed by atoms with Gasteiger partial charge in [-0.2, -0.15) is 12.6 Å². The molecule has 0 aliphatic carbocycles. The smallest absolute Gasteiger partial charge is 0.327 e. The molecule has 3 aromatic carbocycles. The molecular formula is C55H71N11O19S. The molecule has 0 spiro atoms. The highest BCUT2D eigenvalue weighted by Crippen LogP contribution is 2.10. The number of carboxylic acids is 5. The summed E-state index contributed by atoms with van der Waals surface area (Å²) in [5, 5.41) is 70.2. The molecular weight excluding hydrogens is 1150 g/mol. The summed E-state index contributed by atoms with van der Waals surface area (Å²) in [5.41, 5.74) is 7.81. The van der Waals surface area contributed by atoms with Crippen LogP contribution in [0.4, 0.5) is 4.79 Å². The molecule has 17 N–H and O–H groups in total. The van der Waals surface area contributed by atoms with Crippen molar-refractivity contribution < 1.29 is 92.7 Å². The van der Waals surface area contributed by atoms with E-state index in [1.54, 1.807) is 97.9 Å². The van der Waals surface area contributed by atoms with Gasteiger partial charge in [0.25, 0.3) is 0 Å². The number of aliphatic carboxylic acids is 5. The standard InChI is InChI=1S/C55H71N11O19S/c1-30(59-49(76)38(24-32-13-7-3-8-14-32)60-43(68)21-18-35(52(79)80)65-55(85)66-36(53(81)82)19-22-45(70)71)17-20-42(67)57-28-44(69)61-39(25-33-15-9-4-10-16-33)50(77)63-37(23-31-11-5-2-6-12-31)48(75)58-27-34(56)47(74)62-40(26-46(72)73)51(78)64-41(29-86)54(83)84/h2-16,30,34-41,86H,17-29,56H2,1H3,(H,57,67)(H,58,75)(H,59,76)(H,60,68)(H,61,69)(H,62,74)(H,63,77)(H,64,78)(H,70,71)(H,72,73)(H,79,80)(H,81,82)(H,83,84)(H2,65,66,85)/t30-,34-,35-,36-,37-,38-,39-,40-,41-/m0/s1. The van der Waals surface area contributed by atoms with Gasteiger partial charge in [-0.1, -0.05) is 91.0 Å². The van der Waals surface area contributed by atoms with E-state index in [4.69, 9.17) is 10.8 Å². The van der Waals surface area contributed by atoms with Crippen molar-refractivity contribution in [3.63, 3.8) is 0 Å². The van der Waals surface area contributed by atoms with Crippen molar-refractivity contribution >= 4 is 95.8 Å². The Kier molecular flexibility index (Phi) is 30.2. The van der Waals surface area contributed by atoms with Crippen LogP contribution in [0.25, 0.3) is 0 Å². The maximum absolute atomic E-state index is 14.1. The number of nitrogens with one attached hydrogen (secondary N) is 10. The molecule has 0 radical (unpaired) electrons. The molecule has 0 saturated heterocycles. The monoisotopic (exact) mass is 1220 g/mol. The minimum atomic E-state index is -1.77. The SMILES string of the molecule is C[C@@H](CCC(=O)NCC(=O)N[C@@H](Cc1ccccc1)C(=O)N[C@@H](Cc1ccccc1)C(=O)NC[C@H](N)C(=O)N[C@@H](CC(=O)O)C(=O)N[C@@H](CS)C(=O)O)NC(=O)[C@H](Cc1ccccc1)NC(=O)CC[C@H](NC(=O)N[C@@H](CCC(=O)O)C(=O)O)C(=O)O. The first kappa shape index (κ1) is 70.6. The van der Waals surface area contributed by atoms with Crippen LogP contribution in [0.15, 0.2) is 91.0 Å². The van der Waals surface area contributed by atoms with Gasteiger partial charge in [0.1, 0.15) is 48.3 Å². The Morgan fingerprint density at radius 2 is 0.826 bits per heavy atom. The topological polar surface area (TPSA) is 486 Å². The Balaban J connectivity index is 1.64. The number of carbonyl (C=O) groups is 14. The largest absolute Gasteiger partial charge is 0.481 e. The highest BCUT2D eigenvalue weighted by Gasteiger charge is 2.33. The fraction of sp³-hybridized carbons (Fsp3) is 0.418. The van der Waals surface area contributed by atoms with Gasteiger partial charge in [-0.15, -0.1) is 0 Å². The van der Waals surface area contributed by atoms with E-state index >= 15 is 0 Å². The van der Waals surface area contributed by atoms with Crippen LogP contribution in [0.5, 0.6) is 0 Å². The molecule has 0 unspecified atom stereocenters. The van der Waals surface area contributed by atoms with Crippen LogP contribution >= 0.6 is 12.6 Å². The van der Waals surface area contributed by atoms with Crippen LogP contribution in [-0.4, -0.2) is 182 Å². The van der Waals surface area contributed by atoms with E-state index in [9.17, 15) is 87.5 Å². The van der Waals surface area contributed by atoms with Gasteiger partial charge in [0.05, 0.1) is 13.0 Å². The van der Waals surface area contributed by atoms with E-state index in [0.29, 0.717) is 16.7 Å². The number of carbonyl (C=O) groups excluding carboxylic acids is 9. The van der Waals surface area contributed by atoms with Crippen LogP contribution in [-0.2, 0) is 81.6 Å². The maximum atomic E-state index is 14.1. The number of carboxylic acid groups (broad SMARTS) is 5. The number of amides is 10. The molecule has 30 nitrogen and oxygen atoms in total. The summed E-state index contributed by atoms with van der Waals surface area (Å²) in [6.45, 7) is 0.345. The lowest BCUT2D eigenvalue weighted by Gasteiger charge is -2.24. The van der Waals surface area contributed by atoms with E-state index in [-0.39, 0.29) is 37.9 Å². The number of nitrogens with two attached hydrogens (primary N) is 1. The summed E-state index contributed by atoms with van der Waals surface area (Å²) < 4.78 is 0. The highest BCUT2D eigenvalue weighted by atomic mass is 32.1. The Morgan fingerprint density at radius 1 is 0.419 bits per heavy atom. The van der Waals surface area contributed by atoms with Gasteiger partial charge in [-0.25, -0.2) is 19.2 Å². The fourth-order valence-electron chi connectivity index (χ4n) is 7.95. The first-order chi connectivity index (χ1) is 40.7. The van der Waals surface area contributed by atoms with Crippen LogP contribution < -0.4 is 58.9 Å². The average Bonchev–Trinajstić information content (AvgIpc) is 3.49. The quantitative estimate of drug-likeness (QED) is 0.0260. The van der Waals surface area contributed by atoms with Crippen molar-refractivity contribution in [2.75, 3.05) is 18.8 Å². The van der Waals surface area contributed by atoms with Gasteiger partial charge in [-0.05, 0) is 42.9 Å². The van der Waals surface area contributed by atoms with E-state index in [0.717, 1.165) is 0 Å². The van der Waals surface area contributed by atoms with Crippen molar-refractivity contribution in [3.05, 3.63) is 108 Å². The zero-order valence-electron chi connectivity index (χ0n) is 46.5. The molecule has 0 aromatic heterocycles. The lowest BCUT2D eigenvalue weighted by molar-refractivity contribution is -0.143. The Bertz CT molecular complexity index is 2860. The molecule has 0 saturated carbocycles. The molecule has 3 rings (SSSR count). The fourth-order valence-corrected chi connectivity index (χ4v) is 8.20. The second kappa shape index (κ2) is 36.8. The van der Waals surface area contributed by atoms with Crippen molar-refractivity contribution in [1.82, 2.24) is 53.2 Å². The number of hydrogen-bond acceptors (Lipinski definition) is 16. The van der Waals surface area contributed by atoms with E-state index in [2.05, 4.69) is 55.2 Å². The van der Waals surface area contributed by atoms with Crippen molar-refractivity contribution in [1.29, 1.82) is 0 Å². The molecule has 10 amide bonds. The summed E-state index contributed by atoms with van der Waals surface area (Å²) >= 11 is 3.85. The summed E-state index contributed by atoms with van der Waals surface area (Å²) in [5.74, 6) is -14.7. The Hall–Kier alpha value is -9.65. The predicted molar refractivity (Wildman–Crippen MR) is 305 cm³/mol. The molecule has 0 fully saturated rings. The second-order valence-electron chi connectivity index (χ2n) is 19.6. The molecule has 0 heterocycles. The third kappa shape index (κ3) is 27.2. The number of rotatable bonds is 38. The first-order valence-electron chi connectivity index (χ1n) is 26.8. The molecule has 9 atom stereocenters.